The van der Waals surface area contributed by atoms with Crippen LogP contribution < -0.4 is 16.4 Å². The maximum Gasteiger partial charge on any atom is 0.326 e. The second-order valence-electron chi connectivity index (χ2n) is 7.24. The normalized spacial score (nSPS) is 20.1. The smallest absolute Gasteiger partial charge is 0.326 e. The van der Waals surface area contributed by atoms with Gasteiger partial charge in [0.1, 0.15) is 24.2 Å². The Kier molecular flexibility index (Phi) is 8.64. The standard InChI is InChI=1S/C17H30N4O6/c1-9(2)7-12(17(26)27)20-14(23)10(3)19-15(24)13-5-4-6-21(13)16(25)11(18)8-22/h9-13,22H,4-8,18H2,1-3H3,(H,19,24)(H,20,23)(H,26,27). The minimum Gasteiger partial charge on any atom is -0.480 e. The molecule has 10 nitrogen and oxygen atoms in total. The molecule has 1 heterocycles. The van der Waals surface area contributed by atoms with Crippen molar-refractivity contribution in [1.82, 2.24) is 15.5 Å². The van der Waals surface area contributed by atoms with E-state index in [9.17, 15) is 24.3 Å². The van der Waals surface area contributed by atoms with E-state index in [1.807, 2.05) is 13.8 Å². The summed E-state index contributed by atoms with van der Waals surface area (Å²) in [6.45, 7) is 4.96. The van der Waals surface area contributed by atoms with Crippen LogP contribution in [0.3, 0.4) is 0 Å². The molecule has 3 amide bonds. The molecule has 0 aromatic heterocycles. The lowest BCUT2D eigenvalue weighted by molar-refractivity contribution is -0.143. The number of likely N-dealkylation sites (tertiary alicyclic amines) is 1. The molecule has 0 aromatic rings. The highest BCUT2D eigenvalue weighted by Crippen LogP contribution is 2.18. The van der Waals surface area contributed by atoms with Crippen molar-refractivity contribution >= 4 is 23.7 Å². The van der Waals surface area contributed by atoms with Crippen LogP contribution in [0.4, 0.5) is 0 Å². The third-order valence-electron chi connectivity index (χ3n) is 4.43. The van der Waals surface area contributed by atoms with Gasteiger partial charge in [0.25, 0.3) is 0 Å². The zero-order valence-corrected chi connectivity index (χ0v) is 16.0. The van der Waals surface area contributed by atoms with Crippen LogP contribution in [0.1, 0.15) is 40.0 Å². The van der Waals surface area contributed by atoms with Gasteiger partial charge in [-0.1, -0.05) is 13.8 Å². The number of nitrogens with zero attached hydrogens (tertiary/aromatic N) is 1. The number of nitrogens with one attached hydrogen (secondary N) is 2. The molecule has 1 aliphatic heterocycles. The van der Waals surface area contributed by atoms with Gasteiger partial charge in [-0.05, 0) is 32.1 Å². The van der Waals surface area contributed by atoms with Crippen LogP contribution in [0.25, 0.3) is 0 Å². The summed E-state index contributed by atoms with van der Waals surface area (Å²) in [5, 5.41) is 23.2. The molecule has 154 valence electrons. The van der Waals surface area contributed by atoms with Gasteiger partial charge in [0.15, 0.2) is 0 Å². The molecule has 1 saturated heterocycles. The maximum atomic E-state index is 12.5. The summed E-state index contributed by atoms with van der Waals surface area (Å²) in [7, 11) is 0. The van der Waals surface area contributed by atoms with Gasteiger partial charge < -0.3 is 31.5 Å². The van der Waals surface area contributed by atoms with E-state index in [-0.39, 0.29) is 12.3 Å². The number of aliphatic carboxylic acids is 1. The molecule has 10 heteroatoms. The Hall–Kier alpha value is -2.20. The number of hydrogen-bond acceptors (Lipinski definition) is 6. The van der Waals surface area contributed by atoms with E-state index in [4.69, 9.17) is 10.8 Å². The topological polar surface area (TPSA) is 162 Å². The summed E-state index contributed by atoms with van der Waals surface area (Å²) in [6.07, 6.45) is 1.30. The van der Waals surface area contributed by atoms with Gasteiger partial charge in [-0.2, -0.15) is 0 Å². The Morgan fingerprint density at radius 2 is 1.81 bits per heavy atom. The van der Waals surface area contributed by atoms with Crippen molar-refractivity contribution in [3.05, 3.63) is 0 Å². The Morgan fingerprint density at radius 3 is 2.33 bits per heavy atom. The van der Waals surface area contributed by atoms with Crippen LogP contribution in [-0.4, -0.2) is 76.1 Å². The zero-order valence-electron chi connectivity index (χ0n) is 16.0. The van der Waals surface area contributed by atoms with Gasteiger partial charge in [0.05, 0.1) is 6.61 Å². The van der Waals surface area contributed by atoms with Crippen LogP contribution in [0.15, 0.2) is 0 Å². The van der Waals surface area contributed by atoms with Crippen molar-refractivity contribution in [2.24, 2.45) is 11.7 Å². The molecule has 1 aliphatic rings. The number of carbonyl (C=O) groups is 4. The minimum absolute atomic E-state index is 0.0742. The van der Waals surface area contributed by atoms with E-state index in [0.717, 1.165) is 0 Å². The summed E-state index contributed by atoms with van der Waals surface area (Å²) in [4.78, 5) is 49.4. The molecule has 0 saturated carbocycles. The van der Waals surface area contributed by atoms with Crippen molar-refractivity contribution in [3.8, 4) is 0 Å². The lowest BCUT2D eigenvalue weighted by Gasteiger charge is -2.27. The van der Waals surface area contributed by atoms with E-state index in [2.05, 4.69) is 10.6 Å². The zero-order chi connectivity index (χ0) is 20.7. The van der Waals surface area contributed by atoms with Gasteiger partial charge in [0.2, 0.25) is 17.7 Å². The third-order valence-corrected chi connectivity index (χ3v) is 4.43. The Morgan fingerprint density at radius 1 is 1.19 bits per heavy atom. The van der Waals surface area contributed by atoms with Crippen LogP contribution >= 0.6 is 0 Å². The van der Waals surface area contributed by atoms with Gasteiger partial charge in [-0.25, -0.2) is 4.79 Å². The molecule has 0 radical (unpaired) electrons. The molecular formula is C17H30N4O6. The lowest BCUT2D eigenvalue weighted by Crippen LogP contribution is -2.56. The van der Waals surface area contributed by atoms with Crippen molar-refractivity contribution in [1.29, 1.82) is 0 Å². The molecule has 4 unspecified atom stereocenters. The molecule has 1 rings (SSSR count). The van der Waals surface area contributed by atoms with Crippen LogP contribution in [0, 0.1) is 5.92 Å². The number of carboxylic acid groups (broad SMARTS) is 1. The molecule has 6 N–H and O–H groups in total. The van der Waals surface area contributed by atoms with Crippen LogP contribution in [-0.2, 0) is 19.2 Å². The summed E-state index contributed by atoms with van der Waals surface area (Å²) in [5.74, 6) is -2.70. The van der Waals surface area contributed by atoms with Crippen molar-refractivity contribution < 1.29 is 29.4 Å². The Bertz CT molecular complexity index is 568. The maximum absolute atomic E-state index is 12.5. The second-order valence-corrected chi connectivity index (χ2v) is 7.24. The SMILES string of the molecule is CC(C)CC(NC(=O)C(C)NC(=O)C1CCCN1C(=O)C(N)CO)C(=O)O. The van der Waals surface area contributed by atoms with Crippen molar-refractivity contribution in [2.75, 3.05) is 13.2 Å². The highest BCUT2D eigenvalue weighted by atomic mass is 16.4. The van der Waals surface area contributed by atoms with E-state index < -0.39 is 54.5 Å². The highest BCUT2D eigenvalue weighted by Gasteiger charge is 2.37. The molecule has 0 aliphatic carbocycles. The summed E-state index contributed by atoms with van der Waals surface area (Å²) in [6, 6.07) is -3.86. The number of amides is 3. The molecule has 0 bridgehead atoms. The molecule has 0 spiro atoms. The van der Waals surface area contributed by atoms with E-state index in [1.54, 1.807) is 0 Å². The summed E-state index contributed by atoms with van der Waals surface area (Å²) >= 11 is 0. The van der Waals surface area contributed by atoms with E-state index >= 15 is 0 Å². The monoisotopic (exact) mass is 386 g/mol. The molecule has 0 aromatic carbocycles. The highest BCUT2D eigenvalue weighted by molar-refractivity contribution is 5.94. The first-order valence-corrected chi connectivity index (χ1v) is 9.08. The molecule has 4 atom stereocenters. The average Bonchev–Trinajstić information content (AvgIpc) is 3.08. The van der Waals surface area contributed by atoms with Gasteiger partial charge in [-0.3, -0.25) is 14.4 Å². The summed E-state index contributed by atoms with van der Waals surface area (Å²) in [5.41, 5.74) is 5.54. The molecular weight excluding hydrogens is 356 g/mol. The second kappa shape index (κ2) is 10.2. The first-order valence-electron chi connectivity index (χ1n) is 9.08. The van der Waals surface area contributed by atoms with E-state index in [0.29, 0.717) is 19.4 Å². The number of carbonyl (C=O) groups excluding carboxylic acids is 3. The minimum atomic E-state index is -1.14. The summed E-state index contributed by atoms with van der Waals surface area (Å²) < 4.78 is 0. The van der Waals surface area contributed by atoms with E-state index in [1.165, 1.54) is 11.8 Å². The lowest BCUT2D eigenvalue weighted by atomic mass is 10.0. The third kappa shape index (κ3) is 6.47. The fraction of sp³-hybridized carbons (Fsp3) is 0.765. The first-order chi connectivity index (χ1) is 12.6. The quantitative estimate of drug-likeness (QED) is 0.319. The molecule has 1 fully saturated rings. The largest absolute Gasteiger partial charge is 0.480 e. The predicted octanol–water partition coefficient (Wildman–Crippen LogP) is -1.58. The predicted molar refractivity (Wildman–Crippen MR) is 96.4 cm³/mol. The van der Waals surface area contributed by atoms with Crippen LogP contribution in [0.2, 0.25) is 0 Å². The van der Waals surface area contributed by atoms with Crippen molar-refractivity contribution in [3.63, 3.8) is 0 Å². The Labute approximate surface area is 158 Å². The van der Waals surface area contributed by atoms with Crippen molar-refractivity contribution in [2.45, 2.75) is 64.2 Å². The number of rotatable bonds is 9. The number of nitrogens with two attached hydrogens (primary N) is 1. The van der Waals surface area contributed by atoms with Gasteiger partial charge >= 0.3 is 5.97 Å². The van der Waals surface area contributed by atoms with Gasteiger partial charge in [-0.15, -0.1) is 0 Å². The van der Waals surface area contributed by atoms with Gasteiger partial charge in [0, 0.05) is 6.54 Å². The average molecular weight is 386 g/mol. The number of aliphatic hydroxyl groups is 1. The first kappa shape index (κ1) is 22.8. The number of carboxylic acids is 1. The number of aliphatic hydroxyl groups excluding tert-OH is 1. The fourth-order valence-corrected chi connectivity index (χ4v) is 2.96. The fourth-order valence-electron chi connectivity index (χ4n) is 2.96. The Balaban J connectivity index is 2.68. The van der Waals surface area contributed by atoms with Crippen LogP contribution in [0.5, 0.6) is 0 Å². The molecule has 27 heavy (non-hydrogen) atoms. The number of hydrogen-bond donors (Lipinski definition) is 5.